The van der Waals surface area contributed by atoms with Gasteiger partial charge in [0, 0.05) is 48.9 Å². The summed E-state index contributed by atoms with van der Waals surface area (Å²) < 4.78 is 14.7. The number of nitrogens with one attached hydrogen (secondary N) is 6. The third-order valence-corrected chi connectivity index (χ3v) is 16.1. The maximum atomic E-state index is 14.7. The Morgan fingerprint density at radius 1 is 0.870 bits per heavy atom. The Kier molecular flexibility index (Phi) is 18.6. The Balaban J connectivity index is 0.738. The van der Waals surface area contributed by atoms with E-state index < -0.39 is 53.0 Å². The van der Waals surface area contributed by atoms with Crippen LogP contribution < -0.4 is 26.6 Å². The molecule has 4 heterocycles. The van der Waals surface area contributed by atoms with Gasteiger partial charge in [0.15, 0.2) is 5.67 Å². The molecule has 0 unspecified atom stereocenters. The number of H-pyrrole nitrogens is 1. The van der Waals surface area contributed by atoms with E-state index in [1.54, 1.807) is 50.5 Å². The van der Waals surface area contributed by atoms with E-state index in [1.807, 2.05) is 49.4 Å². The van der Waals surface area contributed by atoms with Crippen LogP contribution in [0, 0.1) is 12.3 Å². The van der Waals surface area contributed by atoms with Gasteiger partial charge in [-0.15, -0.1) is 11.3 Å². The van der Waals surface area contributed by atoms with E-state index in [0.29, 0.717) is 41.5 Å². The number of aliphatic hydroxyl groups is 1. The molecule has 3 aromatic carbocycles. The molecule has 8 rings (SSSR count). The van der Waals surface area contributed by atoms with Crippen molar-refractivity contribution in [3.05, 3.63) is 100 Å². The number of aliphatic hydroxyl groups excluding tert-OH is 1. The molecule has 77 heavy (non-hydrogen) atoms. The third-order valence-electron chi connectivity index (χ3n) is 15.1. The number of imidazole rings is 1. The molecule has 17 nitrogen and oxygen atoms in total. The van der Waals surface area contributed by atoms with Gasteiger partial charge in [0.2, 0.25) is 17.7 Å². The number of hydrogen-bond acceptors (Lipinski definition) is 11. The van der Waals surface area contributed by atoms with Crippen LogP contribution in [-0.4, -0.2) is 121 Å². The average Bonchev–Trinajstić information content (AvgIpc) is 3.81. The lowest BCUT2D eigenvalue weighted by Gasteiger charge is -2.36. The van der Waals surface area contributed by atoms with E-state index in [1.165, 1.54) is 29.1 Å². The van der Waals surface area contributed by atoms with Crippen molar-refractivity contribution in [1.29, 1.82) is 0 Å². The summed E-state index contributed by atoms with van der Waals surface area (Å²) >= 11 is 1.52. The molecule has 1 aliphatic carbocycles. The van der Waals surface area contributed by atoms with Gasteiger partial charge in [0.1, 0.15) is 17.9 Å². The number of anilines is 1. The van der Waals surface area contributed by atoms with Crippen molar-refractivity contribution in [1.82, 2.24) is 46.0 Å². The monoisotopic (exact) mass is 1070 g/mol. The number of alkyl halides is 1. The van der Waals surface area contributed by atoms with Crippen molar-refractivity contribution in [2.75, 3.05) is 31.5 Å². The van der Waals surface area contributed by atoms with Gasteiger partial charge in [0.05, 0.1) is 52.2 Å². The van der Waals surface area contributed by atoms with Gasteiger partial charge in [-0.3, -0.25) is 33.7 Å². The number of benzene rings is 3. The third kappa shape index (κ3) is 14.9. The molecule has 412 valence electrons. The minimum atomic E-state index is -2.00. The number of halogens is 1. The summed E-state index contributed by atoms with van der Waals surface area (Å²) in [5.41, 5.74) is 4.77. The summed E-state index contributed by atoms with van der Waals surface area (Å²) in [6.45, 7) is 12.1. The standard InChI is InChI=1S/C58H75FN10O7S/c1-36-14-13-29-68(36)34-48-64-44-24-23-42(30-46(44)65-48)63-53(73)41-21-19-40(20-22-41)52(72)61-28-12-10-8-6-7-9-11-27-60-49(71)32-45(38-15-17-39(18-16-38)50-37(2)62-35-77-50)66-54(74)47-31-43(70)33-69(47)55(75)51(57(3,4)5)67-56(76)58(59)25-26-58/h15-24,30,35-36,43,45,47,51,70H,6-14,25-29,31-34H2,1-5H3,(H,60,71)(H,61,72)(H,63,73)(H,64,65)(H,66,74)(H,67,76)/t36-,43+,45-,47-,51+/m0/s1. The van der Waals surface area contributed by atoms with Gasteiger partial charge in [0.25, 0.3) is 17.7 Å². The van der Waals surface area contributed by atoms with Crippen LogP contribution >= 0.6 is 11.3 Å². The molecule has 0 radical (unpaired) electrons. The Morgan fingerprint density at radius 2 is 1.53 bits per heavy atom. The molecule has 2 saturated heterocycles. The van der Waals surface area contributed by atoms with Crippen LogP contribution in [0.5, 0.6) is 0 Å². The van der Waals surface area contributed by atoms with Crippen LogP contribution in [0.2, 0.25) is 0 Å². The summed E-state index contributed by atoms with van der Waals surface area (Å²) in [6, 6.07) is 17.4. The second-order valence-electron chi connectivity index (χ2n) is 22.3. The van der Waals surface area contributed by atoms with Gasteiger partial charge in [-0.05, 0) is 118 Å². The molecule has 6 amide bonds. The van der Waals surface area contributed by atoms with Crippen LogP contribution in [-0.2, 0) is 25.7 Å². The minimum Gasteiger partial charge on any atom is -0.391 e. The second kappa shape index (κ2) is 25.3. The summed E-state index contributed by atoms with van der Waals surface area (Å²) in [7, 11) is 0. The van der Waals surface area contributed by atoms with Crippen LogP contribution in [0.25, 0.3) is 21.5 Å². The number of thiazole rings is 1. The highest BCUT2D eigenvalue weighted by Gasteiger charge is 2.53. The first kappa shape index (κ1) is 56.6. The number of β-amino-alcohol motifs (C(OH)–C–C–N with tert-alkyl or cyclic N) is 1. The molecule has 2 aliphatic heterocycles. The van der Waals surface area contributed by atoms with Gasteiger partial charge in [-0.1, -0.05) is 77.1 Å². The van der Waals surface area contributed by atoms with Crippen LogP contribution in [0.1, 0.15) is 155 Å². The highest BCUT2D eigenvalue weighted by atomic mass is 32.1. The number of aromatic nitrogens is 3. The first-order valence-electron chi connectivity index (χ1n) is 27.3. The molecule has 3 aliphatic rings. The fourth-order valence-corrected chi connectivity index (χ4v) is 11.0. The van der Waals surface area contributed by atoms with Gasteiger partial charge < -0.3 is 41.6 Å². The van der Waals surface area contributed by atoms with E-state index in [4.69, 9.17) is 4.98 Å². The van der Waals surface area contributed by atoms with Gasteiger partial charge in [-0.2, -0.15) is 0 Å². The summed E-state index contributed by atoms with van der Waals surface area (Å²) in [5, 5.41) is 25.3. The van der Waals surface area contributed by atoms with E-state index >= 15 is 0 Å². The molecular weight excluding hydrogens is 1000 g/mol. The predicted molar refractivity (Wildman–Crippen MR) is 296 cm³/mol. The van der Waals surface area contributed by atoms with Crippen molar-refractivity contribution in [3.63, 3.8) is 0 Å². The number of likely N-dealkylation sites (tertiary alicyclic amines) is 2. The quantitative estimate of drug-likeness (QED) is 0.0294. The lowest BCUT2D eigenvalue weighted by molar-refractivity contribution is -0.145. The number of carbonyl (C=O) groups excluding carboxylic acids is 6. The molecule has 5 aromatic rings. The molecule has 0 bridgehead atoms. The van der Waals surface area contributed by atoms with Crippen molar-refractivity contribution in [2.45, 2.75) is 161 Å². The normalized spacial score (nSPS) is 18.9. The Morgan fingerprint density at radius 3 is 2.16 bits per heavy atom. The van der Waals surface area contributed by atoms with Gasteiger partial charge in [-0.25, -0.2) is 14.4 Å². The molecule has 1 saturated carbocycles. The van der Waals surface area contributed by atoms with Crippen molar-refractivity contribution >= 4 is 63.5 Å². The number of rotatable bonds is 24. The number of aryl methyl sites for hydroxylation is 1. The fourth-order valence-electron chi connectivity index (χ4n) is 10.2. The summed E-state index contributed by atoms with van der Waals surface area (Å²) in [4.78, 5) is 97.7. The molecule has 5 atom stereocenters. The second-order valence-corrected chi connectivity index (χ2v) is 23.1. The Labute approximate surface area is 454 Å². The number of aromatic amines is 1. The molecule has 2 aromatic heterocycles. The summed E-state index contributed by atoms with van der Waals surface area (Å²) in [6.07, 6.45) is 7.94. The highest BCUT2D eigenvalue weighted by Crippen LogP contribution is 2.40. The SMILES string of the molecule is Cc1ncsc1-c1ccc([C@H](CC(=O)NCCCCCCCCCNC(=O)c2ccc(C(=O)Nc3ccc4nc(CN5CCC[C@@H]5C)[nH]c4c3)cc2)NC(=O)[C@@H]2C[C@@H](O)CN2C(=O)[C@@H](NC(=O)C2(F)CC2)C(C)(C)C)cc1. The minimum absolute atomic E-state index is 0.0416. The number of nitrogens with zero attached hydrogens (tertiary/aromatic N) is 4. The zero-order valence-corrected chi connectivity index (χ0v) is 45.8. The number of hydrogen-bond donors (Lipinski definition) is 7. The maximum Gasteiger partial charge on any atom is 0.258 e. The van der Waals surface area contributed by atoms with Crippen molar-refractivity contribution in [3.8, 4) is 10.4 Å². The number of amides is 6. The Bertz CT molecular complexity index is 2880. The first-order valence-corrected chi connectivity index (χ1v) is 28.2. The molecular formula is C58H75FN10O7S. The Hall–Kier alpha value is -6.57. The van der Waals surface area contributed by atoms with E-state index in [9.17, 15) is 38.3 Å². The predicted octanol–water partition coefficient (Wildman–Crippen LogP) is 8.05. The number of unbranched alkanes of at least 4 members (excludes halogenated alkanes) is 6. The fraction of sp³-hybridized carbons (Fsp3) is 0.517. The molecule has 7 N–H and O–H groups in total. The first-order chi connectivity index (χ1) is 36.8. The van der Waals surface area contributed by atoms with E-state index in [2.05, 4.69) is 48.4 Å². The number of fused-ring (bicyclic) bond motifs is 1. The average molecular weight is 1080 g/mol. The lowest BCUT2D eigenvalue weighted by Crippen LogP contribution is -2.59. The zero-order valence-electron chi connectivity index (χ0n) is 45.0. The molecule has 19 heteroatoms. The molecule has 3 fully saturated rings. The van der Waals surface area contributed by atoms with E-state index in [0.717, 1.165) is 91.0 Å². The van der Waals surface area contributed by atoms with Crippen LogP contribution in [0.4, 0.5) is 10.1 Å². The highest BCUT2D eigenvalue weighted by molar-refractivity contribution is 7.13. The zero-order chi connectivity index (χ0) is 54.9. The lowest BCUT2D eigenvalue weighted by atomic mass is 9.85. The maximum absolute atomic E-state index is 14.7. The van der Waals surface area contributed by atoms with Gasteiger partial charge >= 0.3 is 0 Å². The van der Waals surface area contributed by atoms with Crippen LogP contribution in [0.15, 0.2) is 72.2 Å². The van der Waals surface area contributed by atoms with Crippen LogP contribution in [0.3, 0.4) is 0 Å². The number of carbonyl (C=O) groups is 6. The van der Waals surface area contributed by atoms with Crippen molar-refractivity contribution in [2.24, 2.45) is 5.41 Å². The largest absolute Gasteiger partial charge is 0.391 e. The smallest absolute Gasteiger partial charge is 0.258 e. The van der Waals surface area contributed by atoms with Crippen molar-refractivity contribution < 1.29 is 38.3 Å². The van der Waals surface area contributed by atoms with E-state index in [-0.39, 0.29) is 49.9 Å². The summed E-state index contributed by atoms with van der Waals surface area (Å²) in [5.74, 6) is -1.79. The topological polar surface area (TPSA) is 231 Å². The molecule has 0 spiro atoms.